The summed E-state index contributed by atoms with van der Waals surface area (Å²) in [5, 5.41) is 5.60. The van der Waals surface area contributed by atoms with Crippen LogP contribution in [-0.4, -0.2) is 103 Å². The molecule has 12 rings (SSSR count). The van der Waals surface area contributed by atoms with Crippen LogP contribution in [0.15, 0.2) is 60.8 Å². The van der Waals surface area contributed by atoms with Gasteiger partial charge in [-0.15, -0.1) is 0 Å². The zero-order valence-electron chi connectivity index (χ0n) is 40.5. The zero-order chi connectivity index (χ0) is 47.8. The van der Waals surface area contributed by atoms with Crippen LogP contribution in [0.5, 0.6) is 0 Å². The number of H-pyrrole nitrogens is 2. The number of carbonyl (C=O) groups is 4. The Morgan fingerprint density at radius 1 is 0.681 bits per heavy atom. The molecule has 3 aromatic carbocycles. The van der Waals surface area contributed by atoms with E-state index in [1.807, 2.05) is 43.7 Å². The second-order valence-corrected chi connectivity index (χ2v) is 22.0. The van der Waals surface area contributed by atoms with E-state index >= 15 is 0 Å². The number of nitrogens with one attached hydrogen (secondary N) is 4. The largest absolute Gasteiger partial charge is 0.453 e. The predicted octanol–water partition coefficient (Wildman–Crippen LogP) is 9.12. The van der Waals surface area contributed by atoms with Crippen LogP contribution in [-0.2, 0) is 19.1 Å². The fraction of sp³-hybridized carbons (Fsp3) is 0.519. The number of nitrogens with zero attached hydrogens (tertiary/aromatic N) is 5. The molecule has 4 bridgehead atoms. The highest BCUT2D eigenvalue weighted by atomic mass is 16.5. The molecule has 11 unspecified atom stereocenters. The summed E-state index contributed by atoms with van der Waals surface area (Å²) in [5.74, 6) is 1.85. The summed E-state index contributed by atoms with van der Waals surface area (Å²) < 4.78 is 9.76. The summed E-state index contributed by atoms with van der Waals surface area (Å²) in [4.78, 5) is 77.0. The van der Waals surface area contributed by atoms with E-state index in [9.17, 15) is 19.2 Å². The van der Waals surface area contributed by atoms with Crippen molar-refractivity contribution in [1.29, 1.82) is 0 Å². The molecule has 2 aliphatic carbocycles. The van der Waals surface area contributed by atoms with Gasteiger partial charge in [0.15, 0.2) is 0 Å². The highest BCUT2D eigenvalue weighted by Crippen LogP contribution is 2.71. The Balaban J connectivity index is 0.826. The lowest BCUT2D eigenvalue weighted by Gasteiger charge is -2.65. The highest BCUT2D eigenvalue weighted by Gasteiger charge is 2.66. The Morgan fingerprint density at radius 3 is 1.74 bits per heavy atom. The van der Waals surface area contributed by atoms with Crippen molar-refractivity contribution in [3.8, 4) is 33.5 Å². The molecule has 69 heavy (non-hydrogen) atoms. The molecule has 4 N–H and O–H groups in total. The molecular formula is C54H63N9O6. The van der Waals surface area contributed by atoms with Crippen molar-refractivity contribution in [2.24, 2.45) is 23.7 Å². The fourth-order valence-electron chi connectivity index (χ4n) is 14.2. The number of methoxy groups -OCH3 is 2. The van der Waals surface area contributed by atoms with Gasteiger partial charge in [-0.25, -0.2) is 19.6 Å². The Morgan fingerprint density at radius 2 is 1.20 bits per heavy atom. The van der Waals surface area contributed by atoms with E-state index in [1.54, 1.807) is 0 Å². The van der Waals surface area contributed by atoms with Gasteiger partial charge >= 0.3 is 12.2 Å². The second-order valence-electron chi connectivity index (χ2n) is 22.0. The standard InChI is InChI=1S/C54H63N9O6/c1-26(2)44(59-52(66)68-6)50(64)61-33-15-12-31(20-33)46(61)48-55-25-39(58-48)29-10-8-28(9-11-29)35-17-18-36(43-41-24-54(5)23-40(42(35)43)63(41)54)30-14-19-37-38(22-30)57-49(56-37)47-32-13-16-34(21-32)62(47)51(65)45(27(3)4)60-53(67)69-7/h8-11,14,17-19,22,25-27,31-34,40-41,44-47H,12-13,15-16,20-21,23-24H2,1-7H3,(H,55,58)(H,56,57)(H,59,66)(H,60,67). The Kier molecular flexibility index (Phi) is 10.3. The van der Waals surface area contributed by atoms with Crippen molar-refractivity contribution < 1.29 is 28.7 Å². The van der Waals surface area contributed by atoms with Crippen molar-refractivity contribution in [2.45, 2.75) is 140 Å². The molecule has 11 atom stereocenters. The molecule has 5 aromatic rings. The van der Waals surface area contributed by atoms with Gasteiger partial charge in [-0.05, 0) is 133 Å². The summed E-state index contributed by atoms with van der Waals surface area (Å²) in [7, 11) is 2.64. The zero-order valence-corrected chi connectivity index (χ0v) is 40.5. The van der Waals surface area contributed by atoms with Crippen molar-refractivity contribution in [2.75, 3.05) is 14.2 Å². The number of carbonyl (C=O) groups excluding carboxylic acids is 4. The van der Waals surface area contributed by atoms with Crippen LogP contribution in [0.2, 0.25) is 0 Å². The number of benzene rings is 3. The number of hydrogen-bond donors (Lipinski definition) is 4. The third kappa shape index (κ3) is 6.76. The minimum Gasteiger partial charge on any atom is -0.453 e. The van der Waals surface area contributed by atoms with Crippen LogP contribution in [0.25, 0.3) is 44.5 Å². The summed E-state index contributed by atoms with van der Waals surface area (Å²) in [6.07, 6.45) is 8.86. The minimum atomic E-state index is -0.686. The molecule has 0 spiro atoms. The highest BCUT2D eigenvalue weighted by molar-refractivity contribution is 5.89. The van der Waals surface area contributed by atoms with E-state index < -0.39 is 24.3 Å². The molecule has 360 valence electrons. The van der Waals surface area contributed by atoms with Crippen LogP contribution in [0, 0.1) is 23.7 Å². The first-order valence-electron chi connectivity index (χ1n) is 25.2. The quantitative estimate of drug-likeness (QED) is 0.101. The lowest BCUT2D eigenvalue weighted by atomic mass is 9.68. The van der Waals surface area contributed by atoms with Crippen LogP contribution in [0.4, 0.5) is 9.59 Å². The van der Waals surface area contributed by atoms with Gasteiger partial charge in [0.05, 0.1) is 49.2 Å². The molecular weight excluding hydrogens is 871 g/mol. The molecule has 4 amide bonds. The van der Waals surface area contributed by atoms with E-state index in [0.717, 1.165) is 90.9 Å². The maximum Gasteiger partial charge on any atom is 0.407 e. The van der Waals surface area contributed by atoms with E-state index in [2.05, 4.69) is 87.0 Å². The average Bonchev–Trinajstić information content (AvgIpc) is 4.23. The number of rotatable bonds is 11. The van der Waals surface area contributed by atoms with Gasteiger partial charge in [0.2, 0.25) is 11.8 Å². The van der Waals surface area contributed by atoms with Crippen molar-refractivity contribution >= 4 is 35.0 Å². The maximum atomic E-state index is 14.2. The molecule has 7 aliphatic rings. The first kappa shape index (κ1) is 44.0. The van der Waals surface area contributed by atoms with Crippen molar-refractivity contribution in [3.05, 3.63) is 83.6 Å². The van der Waals surface area contributed by atoms with Crippen molar-refractivity contribution in [3.63, 3.8) is 0 Å². The molecule has 2 saturated carbocycles. The smallest absolute Gasteiger partial charge is 0.407 e. The van der Waals surface area contributed by atoms with E-state index in [4.69, 9.17) is 19.4 Å². The van der Waals surface area contributed by atoms with E-state index in [-0.39, 0.29) is 53.4 Å². The summed E-state index contributed by atoms with van der Waals surface area (Å²) in [6.45, 7) is 10.2. The number of amides is 4. The van der Waals surface area contributed by atoms with Gasteiger partial charge < -0.3 is 39.9 Å². The fourth-order valence-corrected chi connectivity index (χ4v) is 14.2. The lowest BCUT2D eigenvalue weighted by Crippen LogP contribution is -2.66. The van der Waals surface area contributed by atoms with Crippen LogP contribution < -0.4 is 10.6 Å². The summed E-state index contributed by atoms with van der Waals surface area (Å²) >= 11 is 0. The van der Waals surface area contributed by atoms with E-state index in [0.29, 0.717) is 23.9 Å². The molecule has 0 radical (unpaired) electrons. The third-order valence-corrected chi connectivity index (χ3v) is 17.5. The summed E-state index contributed by atoms with van der Waals surface area (Å²) in [6, 6.07) is 19.3. The number of hydrogen-bond acceptors (Lipinski definition) is 9. The number of ether oxygens (including phenoxy) is 2. The maximum absolute atomic E-state index is 14.2. The van der Waals surface area contributed by atoms with Gasteiger partial charge in [0.1, 0.15) is 23.7 Å². The third-order valence-electron chi connectivity index (χ3n) is 17.5. The van der Waals surface area contributed by atoms with Crippen LogP contribution in [0.1, 0.15) is 133 Å². The monoisotopic (exact) mass is 933 g/mol. The number of piperidine rings is 3. The number of fused-ring (bicyclic) bond motifs is 8. The minimum absolute atomic E-state index is 0.0769. The predicted molar refractivity (Wildman–Crippen MR) is 259 cm³/mol. The van der Waals surface area contributed by atoms with E-state index in [1.165, 1.54) is 42.0 Å². The Hall–Kier alpha value is -6.22. The Labute approximate surface area is 402 Å². The Bertz CT molecular complexity index is 2910. The van der Waals surface area contributed by atoms with Crippen molar-refractivity contribution in [1.82, 2.24) is 45.3 Å². The number of alkyl carbamates (subject to hydrolysis) is 2. The number of likely N-dealkylation sites (tertiary alicyclic amines) is 2. The van der Waals surface area contributed by atoms with Crippen LogP contribution in [0.3, 0.4) is 0 Å². The van der Waals surface area contributed by atoms with Gasteiger partial charge in [0.25, 0.3) is 0 Å². The molecule has 15 nitrogen and oxygen atoms in total. The number of imidazole rings is 2. The average molecular weight is 934 g/mol. The first-order valence-corrected chi connectivity index (χ1v) is 25.2. The number of aromatic nitrogens is 4. The lowest BCUT2D eigenvalue weighted by molar-refractivity contribution is -0.177. The van der Waals surface area contributed by atoms with Gasteiger partial charge in [0, 0.05) is 29.7 Å². The second kappa shape index (κ2) is 16.2. The molecule has 5 aliphatic heterocycles. The first-order chi connectivity index (χ1) is 33.2. The van der Waals surface area contributed by atoms with Crippen LogP contribution >= 0.6 is 0 Å². The molecule has 2 aromatic heterocycles. The molecule has 6 fully saturated rings. The molecule has 15 heteroatoms. The summed E-state index contributed by atoms with van der Waals surface area (Å²) in [5.41, 5.74) is 11.8. The number of aromatic amines is 2. The SMILES string of the molecule is COC(=O)NC(C(=O)N1C2CCC(C2)C1c1ncc(-c2ccc(-c3ccc(-c4ccc5nc(C6C7CCC(C7)N6C(=O)C(NC(=O)OC)C(C)C)[nH]c5c4)c4c3C3CC5(C)CC4N35)cc2)[nH]1)C(C)C. The van der Waals surface area contributed by atoms with Gasteiger partial charge in [-0.1, -0.05) is 70.2 Å². The molecule has 7 heterocycles. The topological polar surface area (TPSA) is 178 Å². The van der Waals surface area contributed by atoms with Gasteiger partial charge in [-0.2, -0.15) is 0 Å². The van der Waals surface area contributed by atoms with Gasteiger partial charge in [-0.3, -0.25) is 14.5 Å². The molecule has 4 saturated heterocycles. The normalized spacial score (nSPS) is 28.9.